The third kappa shape index (κ3) is 21.7. The molecule has 0 unspecified atom stereocenters. The van der Waals surface area contributed by atoms with Crippen molar-refractivity contribution in [3.8, 4) is 0 Å². The van der Waals surface area contributed by atoms with Gasteiger partial charge in [-0.15, -0.1) is 0 Å². The van der Waals surface area contributed by atoms with Gasteiger partial charge in [-0.2, -0.15) is 0 Å². The molecular formula is C16H39N. The Labute approximate surface area is 112 Å². The van der Waals surface area contributed by atoms with E-state index in [0.29, 0.717) is 0 Å². The minimum atomic E-state index is 0.940. The molecule has 1 heteroatoms. The lowest BCUT2D eigenvalue weighted by Crippen LogP contribution is -2.21. The maximum Gasteiger partial charge on any atom is 0.000356 e. The van der Waals surface area contributed by atoms with Gasteiger partial charge in [-0.3, -0.25) is 0 Å². The van der Waals surface area contributed by atoms with Crippen molar-refractivity contribution in [2.24, 2.45) is 5.92 Å². The monoisotopic (exact) mass is 245 g/mol. The number of nitrogens with zero attached hydrogens (tertiary/aromatic N) is 1. The largest absolute Gasteiger partial charge is 0.309 e. The SMILES string of the molecule is CC.CC.CCCCC(CCCC)CN(C)C. The highest BCUT2D eigenvalue weighted by molar-refractivity contribution is 4.62. The second kappa shape index (κ2) is 21.3. The van der Waals surface area contributed by atoms with Gasteiger partial charge in [-0.05, 0) is 32.9 Å². The molecule has 0 aromatic heterocycles. The van der Waals surface area contributed by atoms with Crippen molar-refractivity contribution in [2.75, 3.05) is 20.6 Å². The minimum Gasteiger partial charge on any atom is -0.309 e. The summed E-state index contributed by atoms with van der Waals surface area (Å²) in [5, 5.41) is 0. The molecule has 0 aliphatic carbocycles. The normalized spacial score (nSPS) is 9.53. The van der Waals surface area contributed by atoms with E-state index < -0.39 is 0 Å². The summed E-state index contributed by atoms with van der Waals surface area (Å²) < 4.78 is 0. The summed E-state index contributed by atoms with van der Waals surface area (Å²) in [5.74, 6) is 0.940. The zero-order valence-corrected chi connectivity index (χ0v) is 14.0. The van der Waals surface area contributed by atoms with Gasteiger partial charge in [0.2, 0.25) is 0 Å². The molecule has 0 saturated heterocycles. The molecule has 0 atom stereocenters. The molecule has 0 aromatic carbocycles. The van der Waals surface area contributed by atoms with Crippen LogP contribution < -0.4 is 0 Å². The molecule has 0 rings (SSSR count). The summed E-state index contributed by atoms with van der Waals surface area (Å²) >= 11 is 0. The lowest BCUT2D eigenvalue weighted by atomic mass is 9.96. The van der Waals surface area contributed by atoms with Gasteiger partial charge in [0.15, 0.2) is 0 Å². The first-order chi connectivity index (χ1) is 8.20. The molecule has 1 nitrogen and oxygen atoms in total. The fraction of sp³-hybridized carbons (Fsp3) is 1.00. The third-order valence-corrected chi connectivity index (χ3v) is 2.56. The molecule has 0 amide bonds. The molecule has 108 valence electrons. The summed E-state index contributed by atoms with van der Waals surface area (Å²) in [5.41, 5.74) is 0. The van der Waals surface area contributed by atoms with Gasteiger partial charge in [-0.1, -0.05) is 67.2 Å². The van der Waals surface area contributed by atoms with Gasteiger partial charge in [0.1, 0.15) is 0 Å². The van der Waals surface area contributed by atoms with Crippen LogP contribution >= 0.6 is 0 Å². The van der Waals surface area contributed by atoms with E-state index in [9.17, 15) is 0 Å². The van der Waals surface area contributed by atoms with Crippen LogP contribution in [0.3, 0.4) is 0 Å². The second-order valence-electron chi connectivity index (χ2n) is 4.41. The number of hydrogen-bond donors (Lipinski definition) is 0. The van der Waals surface area contributed by atoms with E-state index in [0.717, 1.165) is 5.92 Å². The van der Waals surface area contributed by atoms with E-state index in [2.05, 4.69) is 32.8 Å². The first kappa shape index (κ1) is 22.2. The zero-order chi connectivity index (χ0) is 14.1. The van der Waals surface area contributed by atoms with Crippen molar-refractivity contribution in [1.82, 2.24) is 4.90 Å². The van der Waals surface area contributed by atoms with Crippen LogP contribution in [0.15, 0.2) is 0 Å². The van der Waals surface area contributed by atoms with Crippen molar-refractivity contribution in [3.63, 3.8) is 0 Å². The Hall–Kier alpha value is -0.0400. The van der Waals surface area contributed by atoms with Crippen molar-refractivity contribution in [1.29, 1.82) is 0 Å². The Balaban J connectivity index is -0.000000439. The van der Waals surface area contributed by atoms with Crippen LogP contribution in [0.1, 0.15) is 80.1 Å². The van der Waals surface area contributed by atoms with Crippen molar-refractivity contribution < 1.29 is 0 Å². The van der Waals surface area contributed by atoms with Gasteiger partial charge >= 0.3 is 0 Å². The molecule has 0 aromatic rings. The predicted octanol–water partition coefficient (Wildman–Crippen LogP) is 5.60. The highest BCUT2D eigenvalue weighted by Gasteiger charge is 2.08. The Morgan fingerprint density at radius 2 is 1.12 bits per heavy atom. The first-order valence-corrected chi connectivity index (χ1v) is 7.85. The van der Waals surface area contributed by atoms with Gasteiger partial charge < -0.3 is 4.90 Å². The van der Waals surface area contributed by atoms with E-state index in [1.54, 1.807) is 0 Å². The van der Waals surface area contributed by atoms with Gasteiger partial charge in [0, 0.05) is 6.54 Å². The van der Waals surface area contributed by atoms with Gasteiger partial charge in [0.25, 0.3) is 0 Å². The molecule has 17 heavy (non-hydrogen) atoms. The number of hydrogen-bond acceptors (Lipinski definition) is 1. The van der Waals surface area contributed by atoms with E-state index in [4.69, 9.17) is 0 Å². The van der Waals surface area contributed by atoms with E-state index in [-0.39, 0.29) is 0 Å². The fourth-order valence-electron chi connectivity index (χ4n) is 1.83. The average Bonchev–Trinajstić information content (AvgIpc) is 2.37. The Morgan fingerprint density at radius 3 is 1.35 bits per heavy atom. The fourth-order valence-corrected chi connectivity index (χ4v) is 1.83. The molecule has 0 N–H and O–H groups in total. The molecule has 0 aliphatic heterocycles. The summed E-state index contributed by atoms with van der Waals surface area (Å²) in [7, 11) is 4.37. The highest BCUT2D eigenvalue weighted by Crippen LogP contribution is 2.16. The standard InChI is InChI=1S/C12H27N.2C2H6/c1-5-7-9-12(10-8-6-2)11-13(3)4;2*1-2/h12H,5-11H2,1-4H3;2*1-2H3. The van der Waals surface area contributed by atoms with Crippen LogP contribution in [0.2, 0.25) is 0 Å². The van der Waals surface area contributed by atoms with E-state index in [1.807, 2.05) is 27.7 Å². The first-order valence-electron chi connectivity index (χ1n) is 7.85. The van der Waals surface area contributed by atoms with Crippen LogP contribution in [0, 0.1) is 5.92 Å². The van der Waals surface area contributed by atoms with Crippen molar-refractivity contribution in [3.05, 3.63) is 0 Å². The van der Waals surface area contributed by atoms with Crippen molar-refractivity contribution >= 4 is 0 Å². The summed E-state index contributed by atoms with van der Waals surface area (Å²) in [4.78, 5) is 2.33. The van der Waals surface area contributed by atoms with Crippen LogP contribution in [-0.4, -0.2) is 25.5 Å². The maximum atomic E-state index is 2.33. The maximum absolute atomic E-state index is 2.33. The summed E-state index contributed by atoms with van der Waals surface area (Å²) in [6, 6.07) is 0. The Kier molecular flexibility index (Phi) is 27.7. The molecule has 0 fully saturated rings. The van der Waals surface area contributed by atoms with Crippen LogP contribution in [0.5, 0.6) is 0 Å². The number of unbranched alkanes of at least 4 members (excludes halogenated alkanes) is 2. The smallest absolute Gasteiger partial charge is 0.000356 e. The van der Waals surface area contributed by atoms with Crippen LogP contribution in [-0.2, 0) is 0 Å². The van der Waals surface area contributed by atoms with E-state index in [1.165, 1.54) is 45.1 Å². The molecule has 0 saturated carbocycles. The van der Waals surface area contributed by atoms with Crippen LogP contribution in [0.4, 0.5) is 0 Å². The van der Waals surface area contributed by atoms with Gasteiger partial charge in [-0.25, -0.2) is 0 Å². The topological polar surface area (TPSA) is 3.24 Å². The highest BCUT2D eigenvalue weighted by atomic mass is 15.1. The molecule has 0 heterocycles. The summed E-state index contributed by atoms with van der Waals surface area (Å²) in [6.45, 7) is 13.8. The van der Waals surface area contributed by atoms with Crippen molar-refractivity contribution in [2.45, 2.75) is 80.1 Å². The predicted molar refractivity (Wildman–Crippen MR) is 83.8 cm³/mol. The molecule has 0 aliphatic rings. The molecule has 0 bridgehead atoms. The third-order valence-electron chi connectivity index (χ3n) is 2.56. The average molecular weight is 245 g/mol. The second-order valence-corrected chi connectivity index (χ2v) is 4.41. The molecule has 0 radical (unpaired) electrons. The molecule has 0 spiro atoms. The summed E-state index contributed by atoms with van der Waals surface area (Å²) in [6.07, 6.45) is 8.35. The Morgan fingerprint density at radius 1 is 0.765 bits per heavy atom. The van der Waals surface area contributed by atoms with Crippen LogP contribution in [0.25, 0.3) is 0 Å². The van der Waals surface area contributed by atoms with Gasteiger partial charge in [0.05, 0.1) is 0 Å². The lowest BCUT2D eigenvalue weighted by Gasteiger charge is -2.20. The Bertz CT molecular complexity index is 91.7. The van der Waals surface area contributed by atoms with E-state index >= 15 is 0 Å². The molecular weight excluding hydrogens is 206 g/mol. The zero-order valence-electron chi connectivity index (χ0n) is 14.0. The lowest BCUT2D eigenvalue weighted by molar-refractivity contribution is 0.290. The quantitative estimate of drug-likeness (QED) is 0.538. The number of rotatable bonds is 8. The minimum absolute atomic E-state index is 0.940.